The second-order valence-corrected chi connectivity index (χ2v) is 9.11. The normalized spacial score (nSPS) is 14.4. The summed E-state index contributed by atoms with van der Waals surface area (Å²) in [7, 11) is 1.33. The molecule has 4 rings (SSSR count). The molecule has 1 fully saturated rings. The molecule has 0 spiro atoms. The molecule has 8 nitrogen and oxygen atoms in total. The summed E-state index contributed by atoms with van der Waals surface area (Å²) in [6.07, 6.45) is 2.33. The van der Waals surface area contributed by atoms with Crippen molar-refractivity contribution in [2.45, 2.75) is 19.1 Å². The lowest BCUT2D eigenvalue weighted by Crippen LogP contribution is -2.47. The molecule has 3 aromatic rings. The fourth-order valence-electron chi connectivity index (χ4n) is 4.00. The number of benzene rings is 2. The van der Waals surface area contributed by atoms with Crippen molar-refractivity contribution in [1.82, 2.24) is 10.3 Å². The number of carbonyl (C=O) groups excluding carboxylic acids is 1. The number of carbonyl (C=O) groups is 1. The van der Waals surface area contributed by atoms with Gasteiger partial charge >= 0.3 is 5.97 Å². The molecule has 1 aliphatic rings. The highest BCUT2D eigenvalue weighted by atomic mass is 19.1. The number of halogens is 2. The van der Waals surface area contributed by atoms with Gasteiger partial charge in [-0.2, -0.15) is 5.26 Å². The van der Waals surface area contributed by atoms with Gasteiger partial charge in [-0.15, -0.1) is 0 Å². The van der Waals surface area contributed by atoms with Gasteiger partial charge in [-0.05, 0) is 61.0 Å². The van der Waals surface area contributed by atoms with E-state index in [2.05, 4.69) is 27.5 Å². The highest BCUT2D eigenvalue weighted by Gasteiger charge is 2.17. The number of anilines is 2. The van der Waals surface area contributed by atoms with Crippen molar-refractivity contribution in [3.8, 4) is 11.9 Å². The lowest BCUT2D eigenvalue weighted by Gasteiger charge is -2.28. The van der Waals surface area contributed by atoms with Crippen LogP contribution < -0.4 is 20.7 Å². The van der Waals surface area contributed by atoms with Gasteiger partial charge in [-0.1, -0.05) is 18.7 Å². The number of nitrogens with zero attached hydrogens (tertiary/aromatic N) is 2. The number of aromatic nitrogens is 1. The fraction of sp³-hybridized carbons (Fsp3) is 0.233. The molecule has 0 aliphatic carbocycles. The molecule has 0 unspecified atom stereocenters. The Hall–Kier alpha value is -4.75. The molecule has 2 aromatic carbocycles. The lowest BCUT2D eigenvalue weighted by molar-refractivity contribution is 0.0601. The van der Waals surface area contributed by atoms with Gasteiger partial charge in [0.05, 0.1) is 41.4 Å². The third kappa shape index (κ3) is 7.42. The van der Waals surface area contributed by atoms with Crippen LogP contribution in [0.4, 0.5) is 20.2 Å². The maximum absolute atomic E-state index is 14.2. The molecular formula is C30H29F2N5O3. The second-order valence-electron chi connectivity index (χ2n) is 9.11. The van der Waals surface area contributed by atoms with E-state index in [9.17, 15) is 13.6 Å². The minimum atomic E-state index is -0.653. The number of hydrogen-bond donors (Lipinski definition) is 3. The van der Waals surface area contributed by atoms with E-state index in [0.717, 1.165) is 19.0 Å². The van der Waals surface area contributed by atoms with E-state index in [1.54, 1.807) is 36.4 Å². The summed E-state index contributed by atoms with van der Waals surface area (Å²) in [6.45, 7) is 5.08. The van der Waals surface area contributed by atoms with E-state index >= 15 is 0 Å². The molecule has 1 saturated heterocycles. The van der Waals surface area contributed by atoms with Crippen molar-refractivity contribution >= 4 is 22.9 Å². The number of nitrogens with one attached hydrogen (secondary N) is 3. The predicted octanol–water partition coefficient (Wildman–Crippen LogP) is 5.21. The molecule has 0 saturated carbocycles. The van der Waals surface area contributed by atoms with Gasteiger partial charge in [0.25, 0.3) is 0 Å². The molecule has 206 valence electrons. The quantitative estimate of drug-likeness (QED) is 0.210. The molecule has 1 aromatic heterocycles. The summed E-state index contributed by atoms with van der Waals surface area (Å²) >= 11 is 0. The van der Waals surface area contributed by atoms with Crippen LogP contribution in [0.3, 0.4) is 0 Å². The fourth-order valence-corrected chi connectivity index (χ4v) is 4.00. The summed E-state index contributed by atoms with van der Waals surface area (Å²) in [5, 5.41) is 18.9. The molecular weight excluding hydrogens is 516 g/mol. The second kappa shape index (κ2) is 13.4. The zero-order chi connectivity index (χ0) is 28.5. The number of allylic oxidation sites excluding steroid dienone is 2. The number of hydrogen-bond acceptors (Lipinski definition) is 8. The Kier molecular flexibility index (Phi) is 9.44. The number of pyridine rings is 1. The van der Waals surface area contributed by atoms with Crippen molar-refractivity contribution in [1.29, 1.82) is 5.26 Å². The van der Waals surface area contributed by atoms with Crippen LogP contribution in [-0.2, 0) is 11.3 Å². The third-order valence-corrected chi connectivity index (χ3v) is 6.32. The van der Waals surface area contributed by atoms with Gasteiger partial charge in [0.1, 0.15) is 18.3 Å². The highest BCUT2D eigenvalue weighted by Crippen LogP contribution is 2.27. The summed E-state index contributed by atoms with van der Waals surface area (Å²) < 4.78 is 38.7. The van der Waals surface area contributed by atoms with Crippen molar-refractivity contribution in [2.75, 3.05) is 37.4 Å². The maximum atomic E-state index is 14.2. The van der Waals surface area contributed by atoms with Crippen LogP contribution in [0.5, 0.6) is 5.88 Å². The monoisotopic (exact) mass is 545 g/mol. The van der Waals surface area contributed by atoms with E-state index in [4.69, 9.17) is 14.7 Å². The van der Waals surface area contributed by atoms with Crippen molar-refractivity contribution in [2.24, 2.45) is 0 Å². The molecule has 40 heavy (non-hydrogen) atoms. The van der Waals surface area contributed by atoms with E-state index in [1.165, 1.54) is 25.3 Å². The summed E-state index contributed by atoms with van der Waals surface area (Å²) in [5.74, 6) is -1.44. The van der Waals surface area contributed by atoms with Gasteiger partial charge in [0.2, 0.25) is 5.88 Å². The molecule has 3 N–H and O–H groups in total. The first-order chi connectivity index (χ1) is 19.4. The van der Waals surface area contributed by atoms with E-state index in [0.29, 0.717) is 40.8 Å². The molecule has 1 aliphatic heterocycles. The predicted molar refractivity (Wildman–Crippen MR) is 149 cm³/mol. The summed E-state index contributed by atoms with van der Waals surface area (Å²) in [6, 6.07) is 16.5. The highest BCUT2D eigenvalue weighted by molar-refractivity contribution is 5.92. The van der Waals surface area contributed by atoms with E-state index in [1.807, 2.05) is 6.07 Å². The minimum absolute atomic E-state index is 0.0987. The molecule has 10 heteroatoms. The van der Waals surface area contributed by atoms with Crippen LogP contribution in [0.25, 0.3) is 5.57 Å². The van der Waals surface area contributed by atoms with Crippen LogP contribution in [-0.4, -0.2) is 43.7 Å². The minimum Gasteiger partial charge on any atom is -0.473 e. The van der Waals surface area contributed by atoms with Crippen molar-refractivity contribution in [3.05, 3.63) is 101 Å². The largest absolute Gasteiger partial charge is 0.473 e. The average Bonchev–Trinajstić information content (AvgIpc) is 2.93. The Morgan fingerprint density at radius 3 is 2.73 bits per heavy atom. The first kappa shape index (κ1) is 28.3. The van der Waals surface area contributed by atoms with Crippen LogP contribution in [0.15, 0.2) is 73.1 Å². The van der Waals surface area contributed by atoms with E-state index in [-0.39, 0.29) is 30.2 Å². The Labute approximate surface area is 231 Å². The standard InChI is InChI=1S/C30H29F2N5O3/c1-19(31)12-23(26-4-3-5-29(37-26)40-18-22-7-6-20(15-33)13-25(22)32)16-35-27-9-8-21(30(38)39-2)14-28(27)36-17-24-10-11-34-24/h3-9,12-14,24,34-36H,1,10-11,16-18H2,2H3/b23-12+/t24-/m0/s1. The molecule has 0 amide bonds. The Balaban J connectivity index is 1.50. The zero-order valence-electron chi connectivity index (χ0n) is 22.0. The van der Waals surface area contributed by atoms with Crippen LogP contribution in [0.2, 0.25) is 0 Å². The van der Waals surface area contributed by atoms with Gasteiger partial charge in [-0.3, -0.25) is 0 Å². The maximum Gasteiger partial charge on any atom is 0.337 e. The molecule has 1 atom stereocenters. The summed E-state index contributed by atoms with van der Waals surface area (Å²) in [5.41, 5.74) is 3.21. The summed E-state index contributed by atoms with van der Waals surface area (Å²) in [4.78, 5) is 16.5. The average molecular weight is 546 g/mol. The van der Waals surface area contributed by atoms with Crippen LogP contribution in [0.1, 0.15) is 33.6 Å². The lowest BCUT2D eigenvalue weighted by atomic mass is 10.1. The van der Waals surface area contributed by atoms with Crippen molar-refractivity contribution < 1.29 is 23.0 Å². The van der Waals surface area contributed by atoms with E-state index < -0.39 is 17.6 Å². The molecule has 0 radical (unpaired) electrons. The topological polar surface area (TPSA) is 108 Å². The molecule has 2 heterocycles. The number of esters is 1. The van der Waals surface area contributed by atoms with Gasteiger partial charge in [0.15, 0.2) is 0 Å². The first-order valence-corrected chi connectivity index (χ1v) is 12.6. The number of nitriles is 1. The number of rotatable bonds is 12. The van der Waals surface area contributed by atoms with Gasteiger partial charge in [0, 0.05) is 30.8 Å². The third-order valence-electron chi connectivity index (χ3n) is 6.32. The first-order valence-electron chi connectivity index (χ1n) is 12.6. The smallest absolute Gasteiger partial charge is 0.337 e. The van der Waals surface area contributed by atoms with Crippen LogP contribution >= 0.6 is 0 Å². The Morgan fingerprint density at radius 1 is 1.23 bits per heavy atom. The Bertz CT molecular complexity index is 1460. The van der Waals surface area contributed by atoms with Gasteiger partial charge in [-0.25, -0.2) is 18.6 Å². The molecule has 0 bridgehead atoms. The number of methoxy groups -OCH3 is 1. The van der Waals surface area contributed by atoms with Crippen molar-refractivity contribution in [3.63, 3.8) is 0 Å². The number of ether oxygens (including phenoxy) is 2. The SMILES string of the molecule is C=C(F)/C=C(\CNc1ccc(C(=O)OC)cc1NC[C@@H]1CCN1)c1cccc(OCc2ccc(C#N)cc2F)n1. The Morgan fingerprint density at radius 2 is 2.05 bits per heavy atom. The van der Waals surface area contributed by atoms with Gasteiger partial charge < -0.3 is 25.4 Å². The zero-order valence-corrected chi connectivity index (χ0v) is 22.0. The van der Waals surface area contributed by atoms with Crippen LogP contribution in [0, 0.1) is 17.1 Å².